The second-order valence-corrected chi connectivity index (χ2v) is 5.35. The Bertz CT molecular complexity index is 759. The quantitative estimate of drug-likeness (QED) is 0.661. The Hall–Kier alpha value is -2.73. The highest BCUT2D eigenvalue weighted by Crippen LogP contribution is 2.29. The van der Waals surface area contributed by atoms with Crippen LogP contribution in [0.25, 0.3) is 0 Å². The van der Waals surface area contributed by atoms with E-state index in [9.17, 15) is 14.0 Å². The molecule has 23 heavy (non-hydrogen) atoms. The average molecular weight is 314 g/mol. The summed E-state index contributed by atoms with van der Waals surface area (Å²) in [5.74, 6) is -1.14. The minimum absolute atomic E-state index is 0.200. The predicted octanol–water partition coefficient (Wildman–Crippen LogP) is 2.54. The van der Waals surface area contributed by atoms with Crippen molar-refractivity contribution >= 4 is 17.5 Å². The van der Waals surface area contributed by atoms with Gasteiger partial charge in [0.25, 0.3) is 11.8 Å². The maximum absolute atomic E-state index is 13.3. The molecule has 0 fully saturated rings. The number of hydrogen-bond donors (Lipinski definition) is 2. The Labute approximate surface area is 132 Å². The van der Waals surface area contributed by atoms with Crippen LogP contribution in [-0.2, 0) is 6.42 Å². The molecule has 0 atom stereocenters. The molecule has 1 heterocycles. The fourth-order valence-electron chi connectivity index (χ4n) is 2.76. The molecule has 2 aromatic carbocycles. The molecule has 3 rings (SSSR count). The van der Waals surface area contributed by atoms with E-state index in [-0.39, 0.29) is 17.3 Å². The number of carbonyl (C=O) groups excluding carboxylic acids is 2. The number of hydrogen-bond acceptors (Lipinski definition) is 3. The smallest absolute Gasteiger partial charge is 0.274 e. The van der Waals surface area contributed by atoms with E-state index in [0.29, 0.717) is 12.1 Å². The second-order valence-electron chi connectivity index (χ2n) is 5.35. The molecule has 0 aromatic heterocycles. The van der Waals surface area contributed by atoms with Gasteiger partial charge in [-0.3, -0.25) is 14.8 Å². The molecule has 5 nitrogen and oxygen atoms in total. The Morgan fingerprint density at radius 1 is 1.09 bits per heavy atom. The summed E-state index contributed by atoms with van der Waals surface area (Å²) in [6, 6.07) is 10.4. The fraction of sp³-hybridized carbons (Fsp3) is 0.176. The summed E-state index contributed by atoms with van der Waals surface area (Å²) in [6.45, 7) is 0.566. The van der Waals surface area contributed by atoms with Gasteiger partial charge in [0.05, 0.1) is 0 Å². The Morgan fingerprint density at radius 3 is 2.48 bits per heavy atom. The SMILES string of the molecule is O=C(NO)c1ccc(C(=O)N2CCCc3cc(F)ccc32)cc1. The summed E-state index contributed by atoms with van der Waals surface area (Å²) in [7, 11) is 0. The van der Waals surface area contributed by atoms with Gasteiger partial charge in [0.1, 0.15) is 5.82 Å². The zero-order chi connectivity index (χ0) is 16.4. The Morgan fingerprint density at radius 2 is 1.78 bits per heavy atom. The summed E-state index contributed by atoms with van der Waals surface area (Å²) >= 11 is 0. The van der Waals surface area contributed by atoms with Gasteiger partial charge in [0.15, 0.2) is 0 Å². The summed E-state index contributed by atoms with van der Waals surface area (Å²) in [4.78, 5) is 25.6. The summed E-state index contributed by atoms with van der Waals surface area (Å²) in [6.07, 6.45) is 1.51. The minimum atomic E-state index is -0.636. The third-order valence-electron chi connectivity index (χ3n) is 3.90. The molecule has 0 saturated carbocycles. The topological polar surface area (TPSA) is 69.6 Å². The van der Waals surface area contributed by atoms with Crippen molar-refractivity contribution in [1.82, 2.24) is 5.48 Å². The first kappa shape index (κ1) is 15.2. The van der Waals surface area contributed by atoms with Gasteiger partial charge >= 0.3 is 0 Å². The van der Waals surface area contributed by atoms with E-state index in [4.69, 9.17) is 5.21 Å². The van der Waals surface area contributed by atoms with Crippen molar-refractivity contribution in [3.8, 4) is 0 Å². The van der Waals surface area contributed by atoms with E-state index in [2.05, 4.69) is 0 Å². The maximum atomic E-state index is 13.3. The molecule has 0 unspecified atom stereocenters. The molecule has 6 heteroatoms. The lowest BCUT2D eigenvalue weighted by Gasteiger charge is -2.29. The number of hydroxylamine groups is 1. The molecular weight excluding hydrogens is 299 g/mol. The molecule has 0 radical (unpaired) electrons. The first-order chi connectivity index (χ1) is 11.1. The lowest BCUT2D eigenvalue weighted by atomic mass is 10.0. The van der Waals surface area contributed by atoms with Gasteiger partial charge in [-0.15, -0.1) is 0 Å². The van der Waals surface area contributed by atoms with E-state index in [1.807, 2.05) is 0 Å². The van der Waals surface area contributed by atoms with Gasteiger partial charge in [-0.2, -0.15) is 0 Å². The van der Waals surface area contributed by atoms with Crippen LogP contribution in [0.5, 0.6) is 0 Å². The second kappa shape index (κ2) is 6.18. The van der Waals surface area contributed by atoms with Crippen molar-refractivity contribution in [1.29, 1.82) is 0 Å². The Balaban J connectivity index is 1.88. The molecule has 1 aliphatic heterocycles. The van der Waals surface area contributed by atoms with Crippen LogP contribution >= 0.6 is 0 Å². The lowest BCUT2D eigenvalue weighted by Crippen LogP contribution is -2.35. The van der Waals surface area contributed by atoms with E-state index in [1.165, 1.54) is 36.4 Å². The number of halogens is 1. The minimum Gasteiger partial charge on any atom is -0.308 e. The molecule has 0 bridgehead atoms. The van der Waals surface area contributed by atoms with Crippen LogP contribution in [0.3, 0.4) is 0 Å². The van der Waals surface area contributed by atoms with Gasteiger partial charge in [-0.05, 0) is 60.9 Å². The van der Waals surface area contributed by atoms with Gasteiger partial charge in [0, 0.05) is 23.4 Å². The molecule has 0 saturated heterocycles. The third kappa shape index (κ3) is 2.93. The van der Waals surface area contributed by atoms with Crippen LogP contribution in [0.15, 0.2) is 42.5 Å². The van der Waals surface area contributed by atoms with E-state index >= 15 is 0 Å². The van der Waals surface area contributed by atoms with E-state index in [0.717, 1.165) is 24.1 Å². The normalized spacial score (nSPS) is 13.4. The molecule has 1 aliphatic rings. The van der Waals surface area contributed by atoms with Crippen LogP contribution in [0, 0.1) is 5.82 Å². The number of nitrogens with one attached hydrogen (secondary N) is 1. The number of carbonyl (C=O) groups is 2. The summed E-state index contributed by atoms with van der Waals surface area (Å²) in [5.41, 5.74) is 3.77. The van der Waals surface area contributed by atoms with Crippen LogP contribution in [0.1, 0.15) is 32.7 Å². The molecule has 2 N–H and O–H groups in total. The van der Waals surface area contributed by atoms with Crippen LogP contribution in [0.2, 0.25) is 0 Å². The largest absolute Gasteiger partial charge is 0.308 e. The van der Waals surface area contributed by atoms with Gasteiger partial charge in [-0.25, -0.2) is 9.87 Å². The highest BCUT2D eigenvalue weighted by Gasteiger charge is 2.24. The van der Waals surface area contributed by atoms with Crippen molar-refractivity contribution in [3.63, 3.8) is 0 Å². The van der Waals surface area contributed by atoms with Crippen molar-refractivity contribution in [2.45, 2.75) is 12.8 Å². The summed E-state index contributed by atoms with van der Waals surface area (Å²) in [5, 5.41) is 8.60. The zero-order valence-electron chi connectivity index (χ0n) is 12.3. The number of fused-ring (bicyclic) bond motifs is 1. The number of rotatable bonds is 2. The number of amides is 2. The molecule has 118 valence electrons. The highest BCUT2D eigenvalue weighted by molar-refractivity contribution is 6.07. The number of nitrogens with zero attached hydrogens (tertiary/aromatic N) is 1. The molecule has 2 aromatic rings. The lowest BCUT2D eigenvalue weighted by molar-refractivity contribution is 0.0706. The maximum Gasteiger partial charge on any atom is 0.274 e. The predicted molar refractivity (Wildman–Crippen MR) is 82.1 cm³/mol. The Kier molecular flexibility index (Phi) is 4.08. The monoisotopic (exact) mass is 314 g/mol. The van der Waals surface area contributed by atoms with E-state index in [1.54, 1.807) is 16.4 Å². The number of anilines is 1. The first-order valence-corrected chi connectivity index (χ1v) is 7.25. The van der Waals surface area contributed by atoms with E-state index < -0.39 is 5.91 Å². The molecule has 0 spiro atoms. The number of aryl methyl sites for hydroxylation is 1. The van der Waals surface area contributed by atoms with Crippen LogP contribution < -0.4 is 10.4 Å². The van der Waals surface area contributed by atoms with Crippen LogP contribution in [-0.4, -0.2) is 23.6 Å². The summed E-state index contributed by atoms with van der Waals surface area (Å²) < 4.78 is 13.3. The zero-order valence-corrected chi connectivity index (χ0v) is 12.3. The highest BCUT2D eigenvalue weighted by atomic mass is 19.1. The van der Waals surface area contributed by atoms with Crippen molar-refractivity contribution in [2.75, 3.05) is 11.4 Å². The van der Waals surface area contributed by atoms with Crippen molar-refractivity contribution in [3.05, 3.63) is 65.0 Å². The number of benzene rings is 2. The van der Waals surface area contributed by atoms with Crippen molar-refractivity contribution < 1.29 is 19.2 Å². The average Bonchev–Trinajstić information content (AvgIpc) is 2.59. The third-order valence-corrected chi connectivity index (χ3v) is 3.90. The molecular formula is C17H15FN2O3. The standard InChI is InChI=1S/C17H15FN2O3/c18-14-7-8-15-13(10-14)2-1-9-20(15)17(22)12-5-3-11(4-6-12)16(21)19-23/h3-8,10,23H,1-2,9H2,(H,19,21). The first-order valence-electron chi connectivity index (χ1n) is 7.25. The fourth-order valence-corrected chi connectivity index (χ4v) is 2.76. The molecule has 0 aliphatic carbocycles. The van der Waals surface area contributed by atoms with Gasteiger partial charge in [0.2, 0.25) is 0 Å². The van der Waals surface area contributed by atoms with Gasteiger partial charge < -0.3 is 4.90 Å². The van der Waals surface area contributed by atoms with Crippen LogP contribution in [0.4, 0.5) is 10.1 Å². The van der Waals surface area contributed by atoms with Gasteiger partial charge in [-0.1, -0.05) is 0 Å². The molecule has 2 amide bonds. The van der Waals surface area contributed by atoms with Crippen molar-refractivity contribution in [2.24, 2.45) is 0 Å².